The summed E-state index contributed by atoms with van der Waals surface area (Å²) in [5, 5.41) is 16.1. The van der Waals surface area contributed by atoms with Gasteiger partial charge in [0.1, 0.15) is 11.3 Å². The van der Waals surface area contributed by atoms with Gasteiger partial charge in [0.2, 0.25) is 5.89 Å². The highest BCUT2D eigenvalue weighted by molar-refractivity contribution is 7.80. The first-order valence-electron chi connectivity index (χ1n) is 9.28. The second-order valence-electron chi connectivity index (χ2n) is 7.00. The Balaban J connectivity index is 1.47. The molecule has 0 unspecified atom stereocenters. The molecular formula is C23H19N3O3S. The van der Waals surface area contributed by atoms with Crippen molar-refractivity contribution in [3.63, 3.8) is 0 Å². The van der Waals surface area contributed by atoms with Crippen LogP contribution in [0.5, 0.6) is 5.75 Å². The molecule has 0 radical (unpaired) electrons. The van der Waals surface area contributed by atoms with Crippen molar-refractivity contribution in [2.45, 2.75) is 13.8 Å². The van der Waals surface area contributed by atoms with Gasteiger partial charge in [-0.25, -0.2) is 4.98 Å². The predicted molar refractivity (Wildman–Crippen MR) is 121 cm³/mol. The number of aromatic nitrogens is 1. The van der Waals surface area contributed by atoms with Crippen LogP contribution in [0.25, 0.3) is 22.6 Å². The van der Waals surface area contributed by atoms with Gasteiger partial charge in [-0.2, -0.15) is 0 Å². The van der Waals surface area contributed by atoms with E-state index in [1.165, 1.54) is 6.07 Å². The molecule has 0 aliphatic heterocycles. The number of hydrogen-bond donors (Lipinski definition) is 3. The summed E-state index contributed by atoms with van der Waals surface area (Å²) in [6.45, 7) is 3.92. The highest BCUT2D eigenvalue weighted by Crippen LogP contribution is 2.33. The average Bonchev–Trinajstić information content (AvgIpc) is 3.11. The van der Waals surface area contributed by atoms with Gasteiger partial charge < -0.3 is 14.8 Å². The first-order chi connectivity index (χ1) is 14.4. The number of carbonyl (C=O) groups excluding carboxylic acids is 1. The molecule has 0 aliphatic rings. The van der Waals surface area contributed by atoms with E-state index in [4.69, 9.17) is 16.6 Å². The highest BCUT2D eigenvalue weighted by Gasteiger charge is 2.14. The van der Waals surface area contributed by atoms with Crippen molar-refractivity contribution in [2.75, 3.05) is 5.32 Å². The number of carbonyl (C=O) groups is 1. The standard InChI is InChI=1S/C23H19N3O3S/c1-13-3-6-15(7-4-13)21(28)26-23(30)24-16-8-9-17(19(27)12-16)22-25-18-10-5-14(2)11-20(18)29-22/h3-12,27H,1-2H3,(H2,24,26,28,30). The van der Waals surface area contributed by atoms with Crippen molar-refractivity contribution in [3.8, 4) is 17.2 Å². The molecule has 0 saturated carbocycles. The fraction of sp³-hybridized carbons (Fsp3) is 0.0870. The zero-order chi connectivity index (χ0) is 21.3. The maximum atomic E-state index is 12.3. The Morgan fingerprint density at radius 2 is 1.73 bits per heavy atom. The maximum absolute atomic E-state index is 12.3. The Kier molecular flexibility index (Phi) is 5.20. The lowest BCUT2D eigenvalue weighted by atomic mass is 10.1. The largest absolute Gasteiger partial charge is 0.507 e. The van der Waals surface area contributed by atoms with Crippen LogP contribution in [0, 0.1) is 13.8 Å². The number of thiocarbonyl (C=S) groups is 1. The number of phenolic OH excluding ortho intramolecular Hbond substituents is 1. The van der Waals surface area contributed by atoms with E-state index >= 15 is 0 Å². The number of phenols is 1. The minimum atomic E-state index is -0.310. The summed E-state index contributed by atoms with van der Waals surface area (Å²) < 4.78 is 5.77. The van der Waals surface area contributed by atoms with E-state index in [9.17, 15) is 9.90 Å². The van der Waals surface area contributed by atoms with E-state index in [1.54, 1.807) is 24.3 Å². The van der Waals surface area contributed by atoms with Crippen LogP contribution in [-0.4, -0.2) is 21.1 Å². The van der Waals surface area contributed by atoms with Gasteiger partial charge in [0, 0.05) is 17.3 Å². The Morgan fingerprint density at radius 3 is 2.47 bits per heavy atom. The lowest BCUT2D eigenvalue weighted by Crippen LogP contribution is -2.34. The first-order valence-corrected chi connectivity index (χ1v) is 9.69. The molecule has 1 aromatic heterocycles. The van der Waals surface area contributed by atoms with Gasteiger partial charge in [-0.05, 0) is 68.0 Å². The summed E-state index contributed by atoms with van der Waals surface area (Å²) in [6, 6.07) is 17.8. The molecule has 7 heteroatoms. The van der Waals surface area contributed by atoms with Gasteiger partial charge in [0.15, 0.2) is 10.7 Å². The molecule has 30 heavy (non-hydrogen) atoms. The topological polar surface area (TPSA) is 87.4 Å². The normalized spacial score (nSPS) is 10.7. The van der Waals surface area contributed by atoms with Crippen LogP contribution < -0.4 is 10.6 Å². The van der Waals surface area contributed by atoms with E-state index in [0.29, 0.717) is 28.3 Å². The number of benzene rings is 3. The highest BCUT2D eigenvalue weighted by atomic mass is 32.1. The number of aryl methyl sites for hydroxylation is 2. The number of nitrogens with zero attached hydrogens (tertiary/aromatic N) is 1. The molecule has 0 fully saturated rings. The molecule has 0 aliphatic carbocycles. The van der Waals surface area contributed by atoms with Crippen LogP contribution in [0.3, 0.4) is 0 Å². The molecule has 3 aromatic carbocycles. The van der Waals surface area contributed by atoms with Gasteiger partial charge in [0.25, 0.3) is 5.91 Å². The number of fused-ring (bicyclic) bond motifs is 1. The van der Waals surface area contributed by atoms with Crippen molar-refractivity contribution in [3.05, 3.63) is 77.4 Å². The van der Waals surface area contributed by atoms with Crippen molar-refractivity contribution < 1.29 is 14.3 Å². The molecule has 0 bridgehead atoms. The number of oxazole rings is 1. The van der Waals surface area contributed by atoms with Gasteiger partial charge in [-0.15, -0.1) is 0 Å². The Labute approximate surface area is 178 Å². The monoisotopic (exact) mass is 417 g/mol. The molecule has 4 rings (SSSR count). The first kappa shape index (κ1) is 19.6. The quantitative estimate of drug-likeness (QED) is 0.409. The van der Waals surface area contributed by atoms with Crippen LogP contribution in [0.2, 0.25) is 0 Å². The second-order valence-corrected chi connectivity index (χ2v) is 7.40. The molecule has 0 atom stereocenters. The second kappa shape index (κ2) is 7.96. The number of rotatable bonds is 3. The van der Waals surface area contributed by atoms with Crippen molar-refractivity contribution in [1.29, 1.82) is 0 Å². The number of nitrogens with one attached hydrogen (secondary N) is 2. The Bertz CT molecular complexity index is 1260. The number of anilines is 1. The summed E-state index contributed by atoms with van der Waals surface area (Å²) in [6.07, 6.45) is 0. The van der Waals surface area contributed by atoms with E-state index in [-0.39, 0.29) is 16.8 Å². The van der Waals surface area contributed by atoms with E-state index < -0.39 is 0 Å². The number of hydrogen-bond acceptors (Lipinski definition) is 5. The fourth-order valence-electron chi connectivity index (χ4n) is 2.98. The molecule has 1 heterocycles. The lowest BCUT2D eigenvalue weighted by molar-refractivity contribution is 0.0977. The van der Waals surface area contributed by atoms with Crippen molar-refractivity contribution in [1.82, 2.24) is 10.3 Å². The minimum absolute atomic E-state index is 0.0176. The van der Waals surface area contributed by atoms with Crippen LogP contribution >= 0.6 is 12.2 Å². The van der Waals surface area contributed by atoms with Crippen molar-refractivity contribution in [2.24, 2.45) is 0 Å². The summed E-state index contributed by atoms with van der Waals surface area (Å²) in [5.74, 6) is 0.000880. The molecule has 4 aromatic rings. The lowest BCUT2D eigenvalue weighted by Gasteiger charge is -2.11. The third-order valence-corrected chi connectivity index (χ3v) is 4.77. The average molecular weight is 417 g/mol. The van der Waals surface area contributed by atoms with Gasteiger partial charge in [-0.3, -0.25) is 10.1 Å². The van der Waals surface area contributed by atoms with E-state index in [2.05, 4.69) is 15.6 Å². The zero-order valence-electron chi connectivity index (χ0n) is 16.4. The molecule has 6 nitrogen and oxygen atoms in total. The third-order valence-electron chi connectivity index (χ3n) is 4.57. The predicted octanol–water partition coefficient (Wildman–Crippen LogP) is 4.94. The molecule has 1 amide bonds. The number of aromatic hydroxyl groups is 1. The molecule has 0 spiro atoms. The fourth-order valence-corrected chi connectivity index (χ4v) is 3.19. The van der Waals surface area contributed by atoms with Crippen molar-refractivity contribution >= 4 is 40.0 Å². The Morgan fingerprint density at radius 1 is 1.00 bits per heavy atom. The molecule has 3 N–H and O–H groups in total. The number of amides is 1. The summed E-state index contributed by atoms with van der Waals surface area (Å²) in [4.78, 5) is 16.7. The van der Waals surface area contributed by atoms with Crippen LogP contribution in [0.1, 0.15) is 21.5 Å². The van der Waals surface area contributed by atoms with Gasteiger partial charge in [0.05, 0.1) is 5.56 Å². The van der Waals surface area contributed by atoms with Crippen LogP contribution in [0.4, 0.5) is 5.69 Å². The molecular weight excluding hydrogens is 398 g/mol. The summed E-state index contributed by atoms with van der Waals surface area (Å²) in [5.41, 5.74) is 5.01. The third kappa shape index (κ3) is 4.16. The Hall–Kier alpha value is -3.71. The summed E-state index contributed by atoms with van der Waals surface area (Å²) >= 11 is 5.21. The zero-order valence-corrected chi connectivity index (χ0v) is 17.2. The molecule has 0 saturated heterocycles. The summed E-state index contributed by atoms with van der Waals surface area (Å²) in [7, 11) is 0. The van der Waals surface area contributed by atoms with Gasteiger partial charge in [-0.1, -0.05) is 23.8 Å². The van der Waals surface area contributed by atoms with Gasteiger partial charge >= 0.3 is 0 Å². The SMILES string of the molecule is Cc1ccc(C(=O)NC(=S)Nc2ccc(-c3nc4ccc(C)cc4o3)c(O)c2)cc1. The van der Waals surface area contributed by atoms with E-state index in [0.717, 1.165) is 16.6 Å². The minimum Gasteiger partial charge on any atom is -0.507 e. The maximum Gasteiger partial charge on any atom is 0.257 e. The van der Waals surface area contributed by atoms with E-state index in [1.807, 2.05) is 44.2 Å². The molecule has 150 valence electrons. The smallest absolute Gasteiger partial charge is 0.257 e. The van der Waals surface area contributed by atoms with Crippen LogP contribution in [-0.2, 0) is 0 Å². The van der Waals surface area contributed by atoms with Crippen LogP contribution in [0.15, 0.2) is 65.1 Å².